The van der Waals surface area contributed by atoms with Gasteiger partial charge in [-0.3, -0.25) is 0 Å². The summed E-state index contributed by atoms with van der Waals surface area (Å²) in [6.07, 6.45) is 8.02. The highest BCUT2D eigenvalue weighted by Crippen LogP contribution is 2.45. The maximum Gasteiger partial charge on any atom is 0.144 e. The maximum atomic E-state index is 8.78. The van der Waals surface area contributed by atoms with E-state index in [-0.39, 0.29) is 5.41 Å². The minimum absolute atomic E-state index is 0.208. The zero-order valence-electron chi connectivity index (χ0n) is 11.8. The quantitative estimate of drug-likeness (QED) is 0.350. The lowest BCUT2D eigenvalue weighted by Gasteiger charge is -2.27. The van der Waals surface area contributed by atoms with Crippen LogP contribution in [0.3, 0.4) is 0 Å². The van der Waals surface area contributed by atoms with Crippen molar-refractivity contribution < 1.29 is 5.21 Å². The molecule has 1 saturated carbocycles. The van der Waals surface area contributed by atoms with Gasteiger partial charge in [-0.2, -0.15) is 0 Å². The van der Waals surface area contributed by atoms with E-state index in [9.17, 15) is 0 Å². The molecule has 1 heterocycles. The van der Waals surface area contributed by atoms with Crippen molar-refractivity contribution in [2.45, 2.75) is 52.4 Å². The molecule has 1 aliphatic carbocycles. The van der Waals surface area contributed by atoms with E-state index in [1.165, 1.54) is 45.2 Å². The molecule has 3 N–H and O–H groups in total. The predicted octanol–water partition coefficient (Wildman–Crippen LogP) is 2.42. The van der Waals surface area contributed by atoms with Gasteiger partial charge in [0.1, 0.15) is 5.84 Å². The Kier molecular flexibility index (Phi) is 3.85. The molecule has 0 radical (unpaired) electrons. The number of oxime groups is 1. The average Bonchev–Trinajstić information content (AvgIpc) is 2.97. The largest absolute Gasteiger partial charge is 0.409 e. The molecule has 104 valence electrons. The van der Waals surface area contributed by atoms with Crippen LogP contribution in [0.1, 0.15) is 52.4 Å². The molecule has 1 saturated heterocycles. The van der Waals surface area contributed by atoms with Gasteiger partial charge in [0.15, 0.2) is 0 Å². The van der Waals surface area contributed by atoms with Gasteiger partial charge in [0, 0.05) is 12.0 Å². The zero-order valence-corrected chi connectivity index (χ0v) is 11.8. The van der Waals surface area contributed by atoms with Gasteiger partial charge in [-0.15, -0.1) is 0 Å². The summed E-state index contributed by atoms with van der Waals surface area (Å²) in [5.41, 5.74) is 6.16. The number of rotatable bonds is 4. The van der Waals surface area contributed by atoms with Crippen molar-refractivity contribution >= 4 is 5.84 Å². The monoisotopic (exact) mass is 253 g/mol. The Morgan fingerprint density at radius 3 is 2.61 bits per heavy atom. The summed E-state index contributed by atoms with van der Waals surface area (Å²) in [5.74, 6) is 0.345. The van der Waals surface area contributed by atoms with Gasteiger partial charge in [0.05, 0.1) is 0 Å². The van der Waals surface area contributed by atoms with Crippen LogP contribution in [0, 0.1) is 10.8 Å². The lowest BCUT2D eigenvalue weighted by molar-refractivity contribution is 0.239. The fourth-order valence-corrected chi connectivity index (χ4v) is 3.45. The van der Waals surface area contributed by atoms with Crippen molar-refractivity contribution in [2.24, 2.45) is 21.7 Å². The first-order chi connectivity index (χ1) is 8.47. The van der Waals surface area contributed by atoms with E-state index in [1.807, 2.05) is 13.8 Å². The molecule has 4 heteroatoms. The molecule has 0 atom stereocenters. The molecule has 0 aromatic carbocycles. The molecule has 0 unspecified atom stereocenters. The first-order valence-electron chi connectivity index (χ1n) is 7.18. The molecule has 2 aliphatic rings. The molecule has 0 amide bonds. The Morgan fingerprint density at radius 2 is 2.00 bits per heavy atom. The Labute approximate surface area is 110 Å². The zero-order chi connectivity index (χ0) is 13.2. The Bertz CT molecular complexity index is 319. The summed E-state index contributed by atoms with van der Waals surface area (Å²) < 4.78 is 0. The fraction of sp³-hybridized carbons (Fsp3) is 0.929. The van der Waals surface area contributed by atoms with Crippen molar-refractivity contribution in [2.75, 3.05) is 19.6 Å². The van der Waals surface area contributed by atoms with Crippen LogP contribution < -0.4 is 5.73 Å². The van der Waals surface area contributed by atoms with Crippen molar-refractivity contribution in [1.82, 2.24) is 4.90 Å². The highest BCUT2D eigenvalue weighted by molar-refractivity contribution is 5.85. The van der Waals surface area contributed by atoms with Crippen LogP contribution >= 0.6 is 0 Å². The number of likely N-dealkylation sites (tertiary alicyclic amines) is 1. The highest BCUT2D eigenvalue weighted by Gasteiger charge is 2.40. The molecule has 1 aliphatic heterocycles. The van der Waals surface area contributed by atoms with Crippen LogP contribution in [-0.2, 0) is 0 Å². The number of nitrogens with zero attached hydrogens (tertiary/aromatic N) is 2. The van der Waals surface area contributed by atoms with Gasteiger partial charge >= 0.3 is 0 Å². The first-order valence-corrected chi connectivity index (χ1v) is 7.18. The van der Waals surface area contributed by atoms with Crippen molar-refractivity contribution in [1.29, 1.82) is 0 Å². The average molecular weight is 253 g/mol. The normalized spacial score (nSPS) is 25.1. The van der Waals surface area contributed by atoms with Crippen LogP contribution in [0.4, 0.5) is 0 Å². The van der Waals surface area contributed by atoms with Gasteiger partial charge in [-0.25, -0.2) is 0 Å². The molecule has 0 bridgehead atoms. The minimum atomic E-state index is -0.208. The predicted molar refractivity (Wildman–Crippen MR) is 73.8 cm³/mol. The maximum absolute atomic E-state index is 8.78. The topological polar surface area (TPSA) is 61.8 Å². The summed E-state index contributed by atoms with van der Waals surface area (Å²) >= 11 is 0. The molecule has 2 fully saturated rings. The van der Waals surface area contributed by atoms with E-state index in [0.717, 1.165) is 13.0 Å². The van der Waals surface area contributed by atoms with Crippen LogP contribution in [-0.4, -0.2) is 35.6 Å². The van der Waals surface area contributed by atoms with Crippen molar-refractivity contribution in [3.05, 3.63) is 0 Å². The minimum Gasteiger partial charge on any atom is -0.409 e. The summed E-state index contributed by atoms with van der Waals surface area (Å²) in [7, 11) is 0. The Hall–Kier alpha value is -0.770. The summed E-state index contributed by atoms with van der Waals surface area (Å²) in [5, 5.41) is 11.9. The smallest absolute Gasteiger partial charge is 0.144 e. The lowest BCUT2D eigenvalue weighted by atomic mass is 9.85. The van der Waals surface area contributed by atoms with Crippen LogP contribution in [0.2, 0.25) is 0 Å². The van der Waals surface area contributed by atoms with Crippen molar-refractivity contribution in [3.63, 3.8) is 0 Å². The van der Waals surface area contributed by atoms with Gasteiger partial charge in [-0.1, -0.05) is 31.8 Å². The van der Waals surface area contributed by atoms with E-state index < -0.39 is 0 Å². The summed E-state index contributed by atoms with van der Waals surface area (Å²) in [4.78, 5) is 2.57. The molecule has 0 aromatic heterocycles. The molecule has 0 aromatic rings. The number of amidine groups is 1. The number of nitrogens with two attached hydrogens (primary N) is 1. The van der Waals surface area contributed by atoms with Crippen LogP contribution in [0.25, 0.3) is 0 Å². The third-order valence-electron chi connectivity index (χ3n) is 5.04. The van der Waals surface area contributed by atoms with Crippen LogP contribution in [0.5, 0.6) is 0 Å². The Balaban J connectivity index is 1.82. The second kappa shape index (κ2) is 5.08. The van der Waals surface area contributed by atoms with Gasteiger partial charge in [0.25, 0.3) is 0 Å². The second-order valence-electron chi connectivity index (χ2n) is 6.85. The lowest BCUT2D eigenvalue weighted by Crippen LogP contribution is -2.36. The van der Waals surface area contributed by atoms with E-state index >= 15 is 0 Å². The van der Waals surface area contributed by atoms with E-state index in [1.54, 1.807) is 0 Å². The molecule has 1 spiro atoms. The molecular weight excluding hydrogens is 226 g/mol. The standard InChI is InChI=1S/C14H27N3O/c1-13(2,12(15)16-18)7-9-17-10-8-14(11-17)5-3-4-6-14/h18H,3-11H2,1-2H3,(H2,15,16). The third-order valence-corrected chi connectivity index (χ3v) is 5.04. The molecule has 2 rings (SSSR count). The van der Waals surface area contributed by atoms with E-state index in [2.05, 4.69) is 10.1 Å². The third kappa shape index (κ3) is 2.79. The summed E-state index contributed by atoms with van der Waals surface area (Å²) in [6.45, 7) is 7.64. The second-order valence-corrected chi connectivity index (χ2v) is 6.85. The number of hydrogen-bond acceptors (Lipinski definition) is 3. The first kappa shape index (κ1) is 13.7. The Morgan fingerprint density at radius 1 is 1.33 bits per heavy atom. The van der Waals surface area contributed by atoms with E-state index in [4.69, 9.17) is 10.9 Å². The summed E-state index contributed by atoms with van der Waals surface area (Å²) in [6, 6.07) is 0. The van der Waals surface area contributed by atoms with Crippen LogP contribution in [0.15, 0.2) is 5.16 Å². The van der Waals surface area contributed by atoms with E-state index in [0.29, 0.717) is 11.3 Å². The van der Waals surface area contributed by atoms with Gasteiger partial charge in [0.2, 0.25) is 0 Å². The highest BCUT2D eigenvalue weighted by atomic mass is 16.4. The van der Waals surface area contributed by atoms with Crippen molar-refractivity contribution in [3.8, 4) is 0 Å². The fourth-order valence-electron chi connectivity index (χ4n) is 3.45. The SMILES string of the molecule is CC(C)(CCN1CCC2(CCCC2)C1)C(N)=NO. The molecule has 4 nitrogen and oxygen atoms in total. The molecule has 18 heavy (non-hydrogen) atoms. The van der Waals surface area contributed by atoms with Gasteiger partial charge in [-0.05, 0) is 44.2 Å². The number of hydrogen-bond donors (Lipinski definition) is 2. The van der Waals surface area contributed by atoms with Gasteiger partial charge < -0.3 is 15.8 Å². The molecular formula is C14H27N3O.